The molecule has 82 valence electrons. The molecule has 2 atom stereocenters. The zero-order valence-electron chi connectivity index (χ0n) is 8.33. The minimum absolute atomic E-state index is 0.0440. The molecule has 1 saturated heterocycles. The van der Waals surface area contributed by atoms with Crippen LogP contribution >= 0.6 is 39.0 Å². The molecule has 1 aliphatic heterocycles. The SMILES string of the molecule is CC1CSCC1NC(=O)c1ccsc1Br. The summed E-state index contributed by atoms with van der Waals surface area (Å²) in [7, 11) is 0. The molecule has 1 aliphatic rings. The molecular formula is C10H12BrNOS2. The smallest absolute Gasteiger partial charge is 0.253 e. The fourth-order valence-corrected chi connectivity index (χ4v) is 4.20. The summed E-state index contributed by atoms with van der Waals surface area (Å²) in [6.07, 6.45) is 0. The largest absolute Gasteiger partial charge is 0.348 e. The average molecular weight is 306 g/mol. The van der Waals surface area contributed by atoms with E-state index in [4.69, 9.17) is 0 Å². The topological polar surface area (TPSA) is 29.1 Å². The van der Waals surface area contributed by atoms with Gasteiger partial charge in [0.25, 0.3) is 5.91 Å². The van der Waals surface area contributed by atoms with Gasteiger partial charge in [-0.15, -0.1) is 11.3 Å². The van der Waals surface area contributed by atoms with Gasteiger partial charge in [-0.1, -0.05) is 6.92 Å². The van der Waals surface area contributed by atoms with Crippen molar-refractivity contribution in [3.8, 4) is 0 Å². The minimum Gasteiger partial charge on any atom is -0.348 e. The van der Waals surface area contributed by atoms with E-state index in [9.17, 15) is 4.79 Å². The fraction of sp³-hybridized carbons (Fsp3) is 0.500. The molecule has 2 rings (SSSR count). The molecule has 0 saturated carbocycles. The predicted molar refractivity (Wildman–Crippen MR) is 69.8 cm³/mol. The average Bonchev–Trinajstić information content (AvgIpc) is 2.76. The Labute approximate surface area is 106 Å². The summed E-state index contributed by atoms with van der Waals surface area (Å²) in [5, 5.41) is 5.01. The van der Waals surface area contributed by atoms with Crippen molar-refractivity contribution in [3.05, 3.63) is 20.8 Å². The van der Waals surface area contributed by atoms with Crippen LogP contribution in [-0.2, 0) is 0 Å². The van der Waals surface area contributed by atoms with Gasteiger partial charge in [0.1, 0.15) is 0 Å². The summed E-state index contributed by atoms with van der Waals surface area (Å²) >= 11 is 6.84. The Hall–Kier alpha value is -0.000000000000000111. The lowest BCUT2D eigenvalue weighted by Gasteiger charge is -2.15. The van der Waals surface area contributed by atoms with Crippen LogP contribution in [0, 0.1) is 5.92 Å². The van der Waals surface area contributed by atoms with Crippen molar-refractivity contribution in [1.29, 1.82) is 0 Å². The maximum Gasteiger partial charge on any atom is 0.253 e. The second kappa shape index (κ2) is 4.89. The first-order valence-corrected chi connectivity index (χ1v) is 7.63. The molecule has 0 bridgehead atoms. The number of thiophene rings is 1. The van der Waals surface area contributed by atoms with E-state index in [0.717, 1.165) is 20.9 Å². The molecule has 5 heteroatoms. The molecule has 15 heavy (non-hydrogen) atoms. The van der Waals surface area contributed by atoms with Crippen molar-refractivity contribution in [2.24, 2.45) is 5.92 Å². The molecule has 0 spiro atoms. The van der Waals surface area contributed by atoms with Crippen molar-refractivity contribution in [2.45, 2.75) is 13.0 Å². The number of thioether (sulfide) groups is 1. The number of carbonyl (C=O) groups is 1. The number of nitrogens with one attached hydrogen (secondary N) is 1. The number of amides is 1. The van der Waals surface area contributed by atoms with Gasteiger partial charge in [0.05, 0.1) is 9.35 Å². The summed E-state index contributed by atoms with van der Waals surface area (Å²) in [6.45, 7) is 2.19. The van der Waals surface area contributed by atoms with Gasteiger partial charge in [-0.05, 0) is 39.0 Å². The third-order valence-electron chi connectivity index (χ3n) is 2.54. The molecular weight excluding hydrogens is 294 g/mol. The molecule has 1 aromatic heterocycles. The Morgan fingerprint density at radius 1 is 1.60 bits per heavy atom. The van der Waals surface area contributed by atoms with Crippen molar-refractivity contribution in [2.75, 3.05) is 11.5 Å². The zero-order chi connectivity index (χ0) is 10.8. The van der Waals surface area contributed by atoms with Crippen LogP contribution in [0.5, 0.6) is 0 Å². The Bertz CT molecular complexity index is 366. The van der Waals surface area contributed by atoms with E-state index in [1.54, 1.807) is 11.3 Å². The van der Waals surface area contributed by atoms with Crippen molar-refractivity contribution < 1.29 is 4.79 Å². The van der Waals surface area contributed by atoms with Crippen LogP contribution in [-0.4, -0.2) is 23.5 Å². The normalized spacial score (nSPS) is 25.5. The summed E-state index contributed by atoms with van der Waals surface area (Å²) < 4.78 is 0.915. The summed E-state index contributed by atoms with van der Waals surface area (Å²) in [5.41, 5.74) is 0.754. The van der Waals surface area contributed by atoms with E-state index in [2.05, 4.69) is 28.2 Å². The first-order valence-electron chi connectivity index (χ1n) is 4.80. The first-order chi connectivity index (χ1) is 7.18. The molecule has 0 aliphatic carbocycles. The predicted octanol–water partition coefficient (Wildman–Crippen LogP) is 2.99. The maximum atomic E-state index is 11.9. The highest BCUT2D eigenvalue weighted by molar-refractivity contribution is 9.11. The summed E-state index contributed by atoms with van der Waals surface area (Å²) in [5.74, 6) is 2.81. The van der Waals surface area contributed by atoms with Crippen LogP contribution in [0.1, 0.15) is 17.3 Å². The van der Waals surface area contributed by atoms with E-state index in [0.29, 0.717) is 12.0 Å². The fourth-order valence-electron chi connectivity index (χ4n) is 1.55. The highest BCUT2D eigenvalue weighted by atomic mass is 79.9. The molecule has 2 nitrogen and oxygen atoms in total. The third kappa shape index (κ3) is 2.57. The molecule has 1 amide bonds. The standard InChI is InChI=1S/C10H12BrNOS2/c1-6-4-14-5-8(6)12-10(13)7-2-3-15-9(7)11/h2-3,6,8H,4-5H2,1H3,(H,12,13). The molecule has 2 heterocycles. The Morgan fingerprint density at radius 2 is 2.40 bits per heavy atom. The number of hydrogen-bond acceptors (Lipinski definition) is 3. The lowest BCUT2D eigenvalue weighted by Crippen LogP contribution is -2.38. The van der Waals surface area contributed by atoms with Gasteiger partial charge in [-0.25, -0.2) is 0 Å². The van der Waals surface area contributed by atoms with Crippen LogP contribution in [0.2, 0.25) is 0 Å². The Balaban J connectivity index is 2.01. The monoisotopic (exact) mass is 305 g/mol. The summed E-state index contributed by atoms with van der Waals surface area (Å²) in [6, 6.07) is 2.19. The van der Waals surface area contributed by atoms with Gasteiger partial charge in [-0.3, -0.25) is 4.79 Å². The number of hydrogen-bond donors (Lipinski definition) is 1. The number of carbonyl (C=O) groups excluding carboxylic acids is 1. The van der Waals surface area contributed by atoms with Gasteiger partial charge in [-0.2, -0.15) is 11.8 Å². The van der Waals surface area contributed by atoms with E-state index >= 15 is 0 Å². The molecule has 0 aromatic carbocycles. The van der Waals surface area contributed by atoms with Crippen LogP contribution in [0.15, 0.2) is 15.2 Å². The third-order valence-corrected chi connectivity index (χ3v) is 5.59. The second-order valence-electron chi connectivity index (χ2n) is 3.70. The molecule has 0 radical (unpaired) electrons. The quantitative estimate of drug-likeness (QED) is 0.910. The number of rotatable bonds is 2. The van der Waals surface area contributed by atoms with Gasteiger partial charge >= 0.3 is 0 Å². The minimum atomic E-state index is 0.0440. The van der Waals surface area contributed by atoms with Gasteiger partial charge in [0.2, 0.25) is 0 Å². The van der Waals surface area contributed by atoms with Crippen LogP contribution in [0.4, 0.5) is 0 Å². The Morgan fingerprint density at radius 3 is 2.93 bits per heavy atom. The second-order valence-corrected chi connectivity index (χ2v) is 7.01. The lowest BCUT2D eigenvalue weighted by molar-refractivity contribution is 0.0933. The Kier molecular flexibility index (Phi) is 3.74. The highest BCUT2D eigenvalue weighted by Crippen LogP contribution is 2.26. The van der Waals surface area contributed by atoms with E-state index in [1.165, 1.54) is 0 Å². The van der Waals surface area contributed by atoms with Gasteiger partial charge < -0.3 is 5.32 Å². The van der Waals surface area contributed by atoms with E-state index < -0.39 is 0 Å². The van der Waals surface area contributed by atoms with Crippen LogP contribution in [0.3, 0.4) is 0 Å². The molecule has 1 N–H and O–H groups in total. The first kappa shape index (κ1) is 11.5. The molecule has 1 aromatic rings. The molecule has 2 unspecified atom stereocenters. The van der Waals surface area contributed by atoms with Crippen LogP contribution in [0.25, 0.3) is 0 Å². The molecule has 1 fully saturated rings. The number of halogens is 1. The van der Waals surface area contributed by atoms with Gasteiger partial charge in [0.15, 0.2) is 0 Å². The van der Waals surface area contributed by atoms with E-state index in [1.807, 2.05) is 23.2 Å². The van der Waals surface area contributed by atoms with Crippen molar-refractivity contribution >= 4 is 44.9 Å². The zero-order valence-corrected chi connectivity index (χ0v) is 11.5. The van der Waals surface area contributed by atoms with E-state index in [-0.39, 0.29) is 5.91 Å². The maximum absolute atomic E-state index is 11.9. The highest BCUT2D eigenvalue weighted by Gasteiger charge is 2.26. The summed E-state index contributed by atoms with van der Waals surface area (Å²) in [4.78, 5) is 11.9. The van der Waals surface area contributed by atoms with Crippen molar-refractivity contribution in [3.63, 3.8) is 0 Å². The van der Waals surface area contributed by atoms with Crippen LogP contribution < -0.4 is 5.32 Å². The lowest BCUT2D eigenvalue weighted by atomic mass is 10.1. The van der Waals surface area contributed by atoms with Gasteiger partial charge in [0, 0.05) is 11.8 Å². The van der Waals surface area contributed by atoms with Crippen molar-refractivity contribution in [1.82, 2.24) is 5.32 Å².